The second-order valence-electron chi connectivity index (χ2n) is 9.87. The number of halogens is 1. The van der Waals surface area contributed by atoms with E-state index in [1.807, 2.05) is 9.47 Å². The van der Waals surface area contributed by atoms with Gasteiger partial charge in [-0.3, -0.25) is 9.69 Å². The number of allylic oxidation sites excluding steroid dienone is 1. The predicted octanol–water partition coefficient (Wildman–Crippen LogP) is 4.46. The molecule has 3 aliphatic rings. The number of rotatable bonds is 5. The lowest BCUT2D eigenvalue weighted by Crippen LogP contribution is -2.46. The number of hydrogen-bond donors (Lipinski definition) is 1. The maximum atomic E-state index is 15.2. The Morgan fingerprint density at radius 3 is 2.63 bits per heavy atom. The number of carboxylic acid groups (broad SMARTS) is 1. The number of nitrogens with zero attached hydrogens (tertiary/aromatic N) is 3. The Bertz CT molecular complexity index is 1420. The Hall–Kier alpha value is -3.45. The first kappa shape index (κ1) is 22.0. The van der Waals surface area contributed by atoms with Gasteiger partial charge >= 0.3 is 5.97 Å². The number of carboxylic acids is 1. The summed E-state index contributed by atoms with van der Waals surface area (Å²) in [6, 6.07) is 9.87. The van der Waals surface area contributed by atoms with Crippen LogP contribution in [0, 0.1) is 5.82 Å². The average Bonchev–Trinajstić information content (AvgIpc) is 3.70. The molecule has 6 rings (SSSR count). The summed E-state index contributed by atoms with van der Waals surface area (Å²) in [4.78, 5) is 28.7. The van der Waals surface area contributed by atoms with Crippen molar-refractivity contribution in [1.29, 1.82) is 0 Å². The summed E-state index contributed by atoms with van der Waals surface area (Å²) < 4.78 is 17.1. The first-order valence-electron chi connectivity index (χ1n) is 12.4. The monoisotopic (exact) mass is 473 g/mol. The van der Waals surface area contributed by atoms with Crippen molar-refractivity contribution in [2.75, 3.05) is 31.1 Å². The zero-order chi connectivity index (χ0) is 24.1. The molecule has 2 aliphatic carbocycles. The molecule has 1 aromatic heterocycles. The van der Waals surface area contributed by atoms with Crippen molar-refractivity contribution in [3.05, 3.63) is 80.9 Å². The Morgan fingerprint density at radius 2 is 1.89 bits per heavy atom. The summed E-state index contributed by atoms with van der Waals surface area (Å²) in [5.74, 6) is -1.75. The molecule has 0 bridgehead atoms. The quantitative estimate of drug-likeness (QED) is 0.593. The molecule has 6 nitrogen and oxygen atoms in total. The molecule has 2 aromatic carbocycles. The van der Waals surface area contributed by atoms with Gasteiger partial charge in [0.2, 0.25) is 5.43 Å². The minimum atomic E-state index is -1.28. The van der Waals surface area contributed by atoms with E-state index in [1.165, 1.54) is 29.0 Å². The minimum Gasteiger partial charge on any atom is -0.477 e. The van der Waals surface area contributed by atoms with Gasteiger partial charge in [-0.1, -0.05) is 30.4 Å². The molecule has 7 heteroatoms. The third kappa shape index (κ3) is 4.14. The number of aromatic nitrogens is 1. The largest absolute Gasteiger partial charge is 0.477 e. The normalized spacial score (nSPS) is 18.1. The topological polar surface area (TPSA) is 65.8 Å². The van der Waals surface area contributed by atoms with Crippen molar-refractivity contribution >= 4 is 28.6 Å². The number of hydrogen-bond acceptors (Lipinski definition) is 4. The number of fused-ring (bicyclic) bond motifs is 2. The number of carbonyl (C=O) groups is 1. The third-order valence-corrected chi connectivity index (χ3v) is 7.48. The number of piperazine rings is 1. The molecule has 2 fully saturated rings. The zero-order valence-electron chi connectivity index (χ0n) is 19.5. The van der Waals surface area contributed by atoms with Crippen molar-refractivity contribution in [2.24, 2.45) is 0 Å². The number of anilines is 1. The molecule has 1 saturated carbocycles. The summed E-state index contributed by atoms with van der Waals surface area (Å²) >= 11 is 0. The summed E-state index contributed by atoms with van der Waals surface area (Å²) in [6.45, 7) is 3.88. The van der Waals surface area contributed by atoms with Gasteiger partial charge < -0.3 is 14.6 Å². The van der Waals surface area contributed by atoms with Crippen molar-refractivity contribution in [3.8, 4) is 0 Å². The summed E-state index contributed by atoms with van der Waals surface area (Å²) in [5, 5.41) is 9.58. The molecule has 1 N–H and O–H groups in total. The van der Waals surface area contributed by atoms with Crippen LogP contribution in [0.3, 0.4) is 0 Å². The summed E-state index contributed by atoms with van der Waals surface area (Å²) in [7, 11) is 0. The lowest BCUT2D eigenvalue weighted by atomic mass is 9.95. The van der Waals surface area contributed by atoms with E-state index >= 15 is 4.39 Å². The summed E-state index contributed by atoms with van der Waals surface area (Å²) in [5.41, 5.74) is 4.19. The summed E-state index contributed by atoms with van der Waals surface area (Å²) in [6.07, 6.45) is 9.95. The van der Waals surface area contributed by atoms with E-state index in [1.54, 1.807) is 6.07 Å². The van der Waals surface area contributed by atoms with Gasteiger partial charge in [-0.2, -0.15) is 0 Å². The lowest BCUT2D eigenvalue weighted by Gasteiger charge is -2.36. The average molecular weight is 474 g/mol. The van der Waals surface area contributed by atoms with Crippen molar-refractivity contribution in [2.45, 2.75) is 38.3 Å². The van der Waals surface area contributed by atoms with Crippen LogP contribution in [0.2, 0.25) is 0 Å². The van der Waals surface area contributed by atoms with Crippen LogP contribution in [0.15, 0.2) is 47.4 Å². The van der Waals surface area contributed by atoms with E-state index in [9.17, 15) is 14.7 Å². The maximum Gasteiger partial charge on any atom is 0.341 e. The van der Waals surface area contributed by atoms with Crippen LogP contribution in [-0.2, 0) is 13.0 Å². The molecule has 0 unspecified atom stereocenters. The van der Waals surface area contributed by atoms with Crippen LogP contribution in [0.25, 0.3) is 17.0 Å². The molecule has 180 valence electrons. The van der Waals surface area contributed by atoms with Crippen LogP contribution in [0.5, 0.6) is 0 Å². The predicted molar refractivity (Wildman–Crippen MR) is 135 cm³/mol. The Kier molecular flexibility index (Phi) is 5.44. The van der Waals surface area contributed by atoms with Crippen LogP contribution in [0.4, 0.5) is 10.1 Å². The van der Waals surface area contributed by atoms with Crippen LogP contribution in [0.1, 0.15) is 52.4 Å². The standard InChI is InChI=1S/C28H28FN3O3/c29-24-14-22-25(32(21-7-8-21)17-23(27(22)33)28(34)35)15-26(24)31-11-9-30(10-12-31)16-18-5-6-19-3-1-2-4-20(19)13-18/h2,4-6,13-15,17,21H,1,3,7-12,16H2,(H,34,35). The highest BCUT2D eigenvalue weighted by atomic mass is 19.1. The van der Waals surface area contributed by atoms with E-state index in [4.69, 9.17) is 0 Å². The Labute approximate surface area is 202 Å². The van der Waals surface area contributed by atoms with Gasteiger partial charge in [0.15, 0.2) is 0 Å². The number of aromatic carboxylic acids is 1. The van der Waals surface area contributed by atoms with Crippen molar-refractivity contribution < 1.29 is 14.3 Å². The van der Waals surface area contributed by atoms with Gasteiger partial charge in [0.05, 0.1) is 11.2 Å². The van der Waals surface area contributed by atoms with Gasteiger partial charge in [-0.15, -0.1) is 0 Å². The zero-order valence-corrected chi connectivity index (χ0v) is 19.5. The maximum absolute atomic E-state index is 15.2. The van der Waals surface area contributed by atoms with Gasteiger partial charge in [-0.25, -0.2) is 9.18 Å². The van der Waals surface area contributed by atoms with Crippen LogP contribution >= 0.6 is 0 Å². The molecule has 0 spiro atoms. The van der Waals surface area contributed by atoms with E-state index in [0.717, 1.165) is 45.3 Å². The molecule has 2 heterocycles. The van der Waals surface area contributed by atoms with E-state index in [2.05, 4.69) is 35.3 Å². The molecule has 35 heavy (non-hydrogen) atoms. The Balaban J connectivity index is 1.23. The molecular weight excluding hydrogens is 445 g/mol. The van der Waals surface area contributed by atoms with E-state index in [-0.39, 0.29) is 17.0 Å². The number of pyridine rings is 1. The molecule has 1 aliphatic heterocycles. The Morgan fingerprint density at radius 1 is 1.09 bits per heavy atom. The molecule has 0 radical (unpaired) electrons. The molecule has 0 atom stereocenters. The van der Waals surface area contributed by atoms with Crippen molar-refractivity contribution in [3.63, 3.8) is 0 Å². The fraction of sp³-hybridized carbons (Fsp3) is 0.357. The highest BCUT2D eigenvalue weighted by molar-refractivity contribution is 5.93. The fourth-order valence-corrected chi connectivity index (χ4v) is 5.39. The highest BCUT2D eigenvalue weighted by Crippen LogP contribution is 2.38. The first-order chi connectivity index (χ1) is 17.0. The van der Waals surface area contributed by atoms with Gasteiger partial charge in [0.25, 0.3) is 0 Å². The van der Waals surface area contributed by atoms with Crippen LogP contribution in [-0.4, -0.2) is 46.7 Å². The van der Waals surface area contributed by atoms with Gasteiger partial charge in [0, 0.05) is 50.3 Å². The van der Waals surface area contributed by atoms with Crippen LogP contribution < -0.4 is 10.3 Å². The smallest absolute Gasteiger partial charge is 0.341 e. The van der Waals surface area contributed by atoms with Crippen molar-refractivity contribution in [1.82, 2.24) is 9.47 Å². The highest BCUT2D eigenvalue weighted by Gasteiger charge is 2.28. The second-order valence-corrected chi connectivity index (χ2v) is 9.87. The number of aryl methyl sites for hydroxylation is 1. The van der Waals surface area contributed by atoms with Gasteiger partial charge in [-0.05, 0) is 54.5 Å². The number of benzene rings is 2. The molecule has 3 aromatic rings. The first-order valence-corrected chi connectivity index (χ1v) is 12.4. The third-order valence-electron chi connectivity index (χ3n) is 7.48. The SMILES string of the molecule is O=C(O)c1cn(C2CC2)c2cc(N3CCN(Cc4ccc5c(c4)C=CCC5)CC3)c(F)cc2c1=O. The molecule has 1 saturated heterocycles. The second kappa shape index (κ2) is 8.64. The minimum absolute atomic E-state index is 0.137. The van der Waals surface area contributed by atoms with Gasteiger partial charge in [0.1, 0.15) is 11.4 Å². The molecule has 0 amide bonds. The lowest BCUT2D eigenvalue weighted by molar-refractivity contribution is 0.0695. The molecular formula is C28H28FN3O3. The van der Waals surface area contributed by atoms with E-state index < -0.39 is 17.2 Å². The fourth-order valence-electron chi connectivity index (χ4n) is 5.39. The van der Waals surface area contributed by atoms with E-state index in [0.29, 0.717) is 24.3 Å².